The maximum atomic E-state index is 9.60. The lowest BCUT2D eigenvalue weighted by molar-refractivity contribution is 0.254. The van der Waals surface area contributed by atoms with Gasteiger partial charge in [0.05, 0.1) is 12.6 Å². The zero-order chi connectivity index (χ0) is 13.2. The highest BCUT2D eigenvalue weighted by atomic mass is 35.5. The Kier molecular flexibility index (Phi) is 3.52. The highest BCUT2D eigenvalue weighted by Crippen LogP contribution is 2.25. The maximum Gasteiger partial charge on any atom is 0.255 e. The third-order valence-corrected chi connectivity index (χ3v) is 3.78. The summed E-state index contributed by atoms with van der Waals surface area (Å²) in [6.45, 7) is 1.02. The quantitative estimate of drug-likeness (QED) is 0.846. The van der Waals surface area contributed by atoms with Crippen LogP contribution in [-0.4, -0.2) is 43.9 Å². The Morgan fingerprint density at radius 1 is 1.37 bits per heavy atom. The molecular weight excluding hydrogens is 266 g/mol. The summed E-state index contributed by atoms with van der Waals surface area (Å²) in [6, 6.07) is 1.89. The number of hydrogen-bond acceptors (Lipinski definition) is 5. The van der Waals surface area contributed by atoms with E-state index in [2.05, 4.69) is 20.0 Å². The summed E-state index contributed by atoms with van der Waals surface area (Å²) >= 11 is 6.05. The third-order valence-electron chi connectivity index (χ3n) is 3.58. The van der Waals surface area contributed by atoms with Crippen LogP contribution in [0.5, 0.6) is 0 Å². The van der Waals surface area contributed by atoms with Crippen LogP contribution in [0, 0.1) is 0 Å². The van der Waals surface area contributed by atoms with Gasteiger partial charge in [0, 0.05) is 12.6 Å². The van der Waals surface area contributed by atoms with Crippen LogP contribution in [0.3, 0.4) is 0 Å². The van der Waals surface area contributed by atoms with Crippen molar-refractivity contribution in [3.63, 3.8) is 0 Å². The number of hydrogen-bond donors (Lipinski definition) is 1. The van der Waals surface area contributed by atoms with Gasteiger partial charge in [-0.05, 0) is 12.8 Å². The molecule has 102 valence electrons. The molecule has 1 saturated heterocycles. The van der Waals surface area contributed by atoms with Gasteiger partial charge in [0.2, 0.25) is 0 Å². The Hall–Kier alpha value is -1.40. The number of nitrogens with zero attached hydrogens (tertiary/aromatic N) is 5. The number of halogens is 1. The van der Waals surface area contributed by atoms with Gasteiger partial charge in [-0.1, -0.05) is 24.4 Å². The zero-order valence-corrected chi connectivity index (χ0v) is 11.3. The van der Waals surface area contributed by atoms with Crippen molar-refractivity contribution in [2.75, 3.05) is 18.1 Å². The van der Waals surface area contributed by atoms with Crippen molar-refractivity contribution < 1.29 is 5.11 Å². The molecule has 1 aliphatic heterocycles. The van der Waals surface area contributed by atoms with Crippen molar-refractivity contribution in [1.82, 2.24) is 19.6 Å². The highest BCUT2D eigenvalue weighted by Gasteiger charge is 2.23. The lowest BCUT2D eigenvalue weighted by Gasteiger charge is -2.30. The second-order valence-corrected chi connectivity index (χ2v) is 5.18. The Morgan fingerprint density at radius 3 is 3.11 bits per heavy atom. The molecule has 6 nitrogen and oxygen atoms in total. The first-order valence-electron chi connectivity index (χ1n) is 6.53. The highest BCUT2D eigenvalue weighted by molar-refractivity contribution is 6.29. The summed E-state index contributed by atoms with van der Waals surface area (Å²) in [7, 11) is 0. The molecule has 1 unspecified atom stereocenters. The molecule has 2 aromatic heterocycles. The van der Waals surface area contributed by atoms with Crippen LogP contribution in [0.2, 0.25) is 5.15 Å². The summed E-state index contributed by atoms with van der Waals surface area (Å²) in [5.41, 5.74) is 0. The van der Waals surface area contributed by atoms with Gasteiger partial charge in [-0.3, -0.25) is 0 Å². The molecule has 2 aromatic rings. The van der Waals surface area contributed by atoms with Crippen LogP contribution in [0.15, 0.2) is 12.4 Å². The van der Waals surface area contributed by atoms with Crippen LogP contribution in [0.25, 0.3) is 5.78 Å². The second kappa shape index (κ2) is 5.30. The fourth-order valence-electron chi connectivity index (χ4n) is 2.64. The first-order chi connectivity index (χ1) is 9.29. The normalized spacial score (nSPS) is 20.7. The van der Waals surface area contributed by atoms with Gasteiger partial charge in [-0.2, -0.15) is 19.6 Å². The van der Waals surface area contributed by atoms with Crippen molar-refractivity contribution in [1.29, 1.82) is 0 Å². The molecule has 1 aliphatic rings. The maximum absolute atomic E-state index is 9.60. The Morgan fingerprint density at radius 2 is 2.26 bits per heavy atom. The Bertz CT molecular complexity index is 572. The number of rotatable bonds is 2. The van der Waals surface area contributed by atoms with Crippen molar-refractivity contribution in [3.8, 4) is 0 Å². The minimum atomic E-state index is 0.105. The van der Waals surface area contributed by atoms with E-state index in [1.54, 1.807) is 10.6 Å². The minimum absolute atomic E-state index is 0.105. The molecule has 19 heavy (non-hydrogen) atoms. The van der Waals surface area contributed by atoms with Crippen molar-refractivity contribution in [2.45, 2.75) is 31.7 Å². The molecule has 0 aliphatic carbocycles. The molecule has 3 heterocycles. The molecule has 1 fully saturated rings. The van der Waals surface area contributed by atoms with Crippen LogP contribution in [0.1, 0.15) is 25.7 Å². The third kappa shape index (κ3) is 2.37. The van der Waals surface area contributed by atoms with Gasteiger partial charge in [-0.15, -0.1) is 0 Å². The van der Waals surface area contributed by atoms with Crippen LogP contribution < -0.4 is 4.90 Å². The van der Waals surface area contributed by atoms with E-state index in [-0.39, 0.29) is 12.6 Å². The fourth-order valence-corrected chi connectivity index (χ4v) is 2.82. The predicted octanol–water partition coefficient (Wildman–Crippen LogP) is 1.52. The van der Waals surface area contributed by atoms with E-state index in [9.17, 15) is 5.11 Å². The number of aliphatic hydroxyl groups excluding tert-OH is 1. The van der Waals surface area contributed by atoms with E-state index >= 15 is 0 Å². The number of anilines is 1. The average molecular weight is 282 g/mol. The molecule has 0 spiro atoms. The standard InChI is InChI=1S/C12H16ClN5O/c13-10-6-11(18-12(16-10)14-8-15-18)17-5-3-1-2-4-9(17)7-19/h6,8-9,19H,1-5,7H2. The van der Waals surface area contributed by atoms with E-state index in [0.717, 1.165) is 31.6 Å². The van der Waals surface area contributed by atoms with Gasteiger partial charge in [-0.25, -0.2) is 0 Å². The summed E-state index contributed by atoms with van der Waals surface area (Å²) in [5, 5.41) is 14.2. The monoisotopic (exact) mass is 281 g/mol. The lowest BCUT2D eigenvalue weighted by atomic mass is 10.1. The van der Waals surface area contributed by atoms with E-state index in [1.165, 1.54) is 12.7 Å². The summed E-state index contributed by atoms with van der Waals surface area (Å²) in [6.07, 6.45) is 5.88. The molecule has 1 N–H and O–H groups in total. The van der Waals surface area contributed by atoms with E-state index < -0.39 is 0 Å². The van der Waals surface area contributed by atoms with E-state index in [0.29, 0.717) is 10.9 Å². The first-order valence-corrected chi connectivity index (χ1v) is 6.91. The van der Waals surface area contributed by atoms with Crippen molar-refractivity contribution >= 4 is 23.2 Å². The van der Waals surface area contributed by atoms with Gasteiger partial charge in [0.1, 0.15) is 17.3 Å². The molecule has 7 heteroatoms. The second-order valence-electron chi connectivity index (χ2n) is 4.79. The lowest BCUT2D eigenvalue weighted by Crippen LogP contribution is -2.38. The molecule has 0 radical (unpaired) electrons. The van der Waals surface area contributed by atoms with Gasteiger partial charge < -0.3 is 10.0 Å². The van der Waals surface area contributed by atoms with E-state index in [1.807, 2.05) is 0 Å². The fraction of sp³-hybridized carbons (Fsp3) is 0.583. The van der Waals surface area contributed by atoms with Crippen molar-refractivity contribution in [2.24, 2.45) is 0 Å². The van der Waals surface area contributed by atoms with Crippen LogP contribution in [-0.2, 0) is 0 Å². The number of aliphatic hydroxyl groups is 1. The van der Waals surface area contributed by atoms with Gasteiger partial charge in [0.15, 0.2) is 0 Å². The number of aromatic nitrogens is 4. The number of fused-ring (bicyclic) bond motifs is 1. The largest absolute Gasteiger partial charge is 0.394 e. The molecular formula is C12H16ClN5O. The SMILES string of the molecule is OCC1CCCCCN1c1cc(Cl)nc2ncnn12. The van der Waals surface area contributed by atoms with Crippen LogP contribution >= 0.6 is 11.6 Å². The summed E-state index contributed by atoms with van der Waals surface area (Å²) < 4.78 is 1.68. The topological polar surface area (TPSA) is 66.5 Å². The molecule has 3 rings (SSSR count). The van der Waals surface area contributed by atoms with Gasteiger partial charge >= 0.3 is 0 Å². The van der Waals surface area contributed by atoms with Gasteiger partial charge in [0.25, 0.3) is 5.78 Å². The molecule has 0 aromatic carbocycles. The minimum Gasteiger partial charge on any atom is -0.394 e. The molecule has 0 saturated carbocycles. The van der Waals surface area contributed by atoms with Crippen LogP contribution in [0.4, 0.5) is 5.82 Å². The molecule has 0 amide bonds. The Labute approximate surface area is 116 Å². The predicted molar refractivity (Wildman–Crippen MR) is 72.5 cm³/mol. The van der Waals surface area contributed by atoms with Crippen molar-refractivity contribution in [3.05, 3.63) is 17.5 Å². The first kappa shape index (κ1) is 12.6. The van der Waals surface area contributed by atoms with E-state index in [4.69, 9.17) is 11.6 Å². The summed E-state index contributed by atoms with van der Waals surface area (Å²) in [5.74, 6) is 1.34. The zero-order valence-electron chi connectivity index (χ0n) is 10.5. The molecule has 1 atom stereocenters. The average Bonchev–Trinajstić information content (AvgIpc) is 2.74. The smallest absolute Gasteiger partial charge is 0.255 e. The molecule has 0 bridgehead atoms. The Balaban J connectivity index is 2.07. The summed E-state index contributed by atoms with van der Waals surface area (Å²) in [4.78, 5) is 10.4.